The van der Waals surface area contributed by atoms with Crippen LogP contribution in [0.3, 0.4) is 0 Å². The maximum absolute atomic E-state index is 6.01. The summed E-state index contributed by atoms with van der Waals surface area (Å²) in [6, 6.07) is 30.8. The molecule has 120 valence electrons. The number of nitrogens with two attached hydrogens (primary N) is 1. The maximum atomic E-state index is 6.01. The fourth-order valence-corrected chi connectivity index (χ4v) is 3.09. The molecule has 4 aromatic rings. The molecule has 0 bridgehead atoms. The quantitative estimate of drug-likeness (QED) is 0.559. The topological polar surface area (TPSA) is 38.9 Å². The van der Waals surface area contributed by atoms with Crippen molar-refractivity contribution >= 4 is 16.3 Å². The molecule has 1 aromatic heterocycles. The average molecular weight is 322 g/mol. The first-order valence-electron chi connectivity index (χ1n) is 8.30. The Labute approximate surface area is 147 Å². The Hall–Kier alpha value is -3.39. The highest BCUT2D eigenvalue weighted by Crippen LogP contribution is 2.31. The smallest absolute Gasteiger partial charge is 0.0808 e. The van der Waals surface area contributed by atoms with Crippen LogP contribution in [0.5, 0.6) is 0 Å². The van der Waals surface area contributed by atoms with Crippen LogP contribution in [0.2, 0.25) is 0 Å². The molecule has 0 amide bonds. The summed E-state index contributed by atoms with van der Waals surface area (Å²) in [5.74, 6) is 0. The fraction of sp³-hybridized carbons (Fsp3) is 0. The Morgan fingerprint density at radius 2 is 1.40 bits per heavy atom. The van der Waals surface area contributed by atoms with Gasteiger partial charge in [-0.2, -0.15) is 0 Å². The molecule has 0 aliphatic heterocycles. The van der Waals surface area contributed by atoms with Crippen LogP contribution in [0.15, 0.2) is 97.2 Å². The van der Waals surface area contributed by atoms with E-state index in [2.05, 4.69) is 48.5 Å². The van der Waals surface area contributed by atoms with Crippen LogP contribution in [0, 0.1) is 0 Å². The van der Waals surface area contributed by atoms with Crippen molar-refractivity contribution in [3.8, 4) is 11.3 Å². The van der Waals surface area contributed by atoms with Crippen LogP contribution in [-0.2, 0) is 0 Å². The molecule has 0 aliphatic rings. The van der Waals surface area contributed by atoms with Gasteiger partial charge in [0.2, 0.25) is 0 Å². The van der Waals surface area contributed by atoms with Crippen LogP contribution in [0.1, 0.15) is 11.3 Å². The van der Waals surface area contributed by atoms with Crippen molar-refractivity contribution in [2.24, 2.45) is 5.73 Å². The summed E-state index contributed by atoms with van der Waals surface area (Å²) in [6.45, 7) is 0. The molecule has 0 spiro atoms. The maximum Gasteiger partial charge on any atom is 0.0808 e. The molecule has 2 nitrogen and oxygen atoms in total. The molecule has 1 heterocycles. The molecule has 0 saturated heterocycles. The third-order valence-electron chi connectivity index (χ3n) is 4.32. The minimum Gasteiger partial charge on any atom is -0.404 e. The molecule has 0 atom stereocenters. The minimum absolute atomic E-state index is 0.908. The first-order valence-corrected chi connectivity index (χ1v) is 8.30. The molecule has 2 N–H and O–H groups in total. The van der Waals surface area contributed by atoms with Crippen molar-refractivity contribution in [3.05, 3.63) is 108 Å². The lowest BCUT2D eigenvalue weighted by Gasteiger charge is -2.13. The van der Waals surface area contributed by atoms with Gasteiger partial charge in [0, 0.05) is 22.7 Å². The third kappa shape index (κ3) is 2.90. The zero-order valence-corrected chi connectivity index (χ0v) is 13.8. The van der Waals surface area contributed by atoms with Gasteiger partial charge in [0.15, 0.2) is 0 Å². The van der Waals surface area contributed by atoms with E-state index in [0.717, 1.165) is 38.9 Å². The lowest BCUT2D eigenvalue weighted by Crippen LogP contribution is -1.98. The first-order chi connectivity index (χ1) is 12.4. The number of pyridine rings is 1. The largest absolute Gasteiger partial charge is 0.404 e. The van der Waals surface area contributed by atoms with Gasteiger partial charge < -0.3 is 5.73 Å². The normalized spacial score (nSPS) is 11.6. The standard InChI is InChI=1S/C23H18N2/c24-16-21(17-9-3-1-4-10-17)23-20-14-8-7-13-19(20)15-22(25-23)18-11-5-2-6-12-18/h1-16H,24H2. The van der Waals surface area contributed by atoms with Crippen molar-refractivity contribution in [2.45, 2.75) is 0 Å². The number of hydrogen-bond donors (Lipinski definition) is 1. The van der Waals surface area contributed by atoms with Gasteiger partial charge in [0.1, 0.15) is 0 Å². The van der Waals surface area contributed by atoms with Gasteiger partial charge in [-0.15, -0.1) is 0 Å². The highest BCUT2D eigenvalue weighted by atomic mass is 14.7. The van der Waals surface area contributed by atoms with Gasteiger partial charge in [-0.3, -0.25) is 0 Å². The first kappa shape index (κ1) is 15.2. The van der Waals surface area contributed by atoms with Crippen LogP contribution in [0.4, 0.5) is 0 Å². The van der Waals surface area contributed by atoms with Gasteiger partial charge in [0.25, 0.3) is 0 Å². The molecule has 25 heavy (non-hydrogen) atoms. The second-order valence-electron chi connectivity index (χ2n) is 5.89. The minimum atomic E-state index is 0.908. The summed E-state index contributed by atoms with van der Waals surface area (Å²) in [7, 11) is 0. The predicted octanol–water partition coefficient (Wildman–Crippen LogP) is 5.25. The van der Waals surface area contributed by atoms with E-state index < -0.39 is 0 Å². The van der Waals surface area contributed by atoms with Crippen molar-refractivity contribution < 1.29 is 0 Å². The van der Waals surface area contributed by atoms with Gasteiger partial charge in [0.05, 0.1) is 11.4 Å². The lowest BCUT2D eigenvalue weighted by atomic mass is 9.97. The third-order valence-corrected chi connectivity index (χ3v) is 4.32. The van der Waals surface area contributed by atoms with Crippen LogP contribution in [-0.4, -0.2) is 4.98 Å². The molecule has 4 rings (SSSR count). The van der Waals surface area contributed by atoms with E-state index in [1.165, 1.54) is 0 Å². The molecule has 0 fully saturated rings. The van der Waals surface area contributed by atoms with Crippen molar-refractivity contribution in [1.82, 2.24) is 4.98 Å². The van der Waals surface area contributed by atoms with Crippen molar-refractivity contribution in [1.29, 1.82) is 0 Å². The van der Waals surface area contributed by atoms with Crippen LogP contribution in [0.25, 0.3) is 27.6 Å². The summed E-state index contributed by atoms with van der Waals surface area (Å²) in [6.07, 6.45) is 1.65. The van der Waals surface area contributed by atoms with E-state index in [1.54, 1.807) is 6.20 Å². The molecule has 0 radical (unpaired) electrons. The number of benzene rings is 3. The number of nitrogens with zero attached hydrogens (tertiary/aromatic N) is 1. The van der Waals surface area contributed by atoms with E-state index >= 15 is 0 Å². The van der Waals surface area contributed by atoms with Crippen LogP contribution < -0.4 is 5.73 Å². The number of fused-ring (bicyclic) bond motifs is 1. The summed E-state index contributed by atoms with van der Waals surface area (Å²) >= 11 is 0. The fourth-order valence-electron chi connectivity index (χ4n) is 3.09. The Kier molecular flexibility index (Phi) is 4.01. The molecule has 0 aliphatic carbocycles. The summed E-state index contributed by atoms with van der Waals surface area (Å²) < 4.78 is 0. The second kappa shape index (κ2) is 6.62. The van der Waals surface area contributed by atoms with Gasteiger partial charge >= 0.3 is 0 Å². The number of rotatable bonds is 3. The van der Waals surface area contributed by atoms with E-state index in [4.69, 9.17) is 10.7 Å². The molecule has 3 aromatic carbocycles. The molecular weight excluding hydrogens is 304 g/mol. The van der Waals surface area contributed by atoms with E-state index in [-0.39, 0.29) is 0 Å². The Bertz CT molecular complexity index is 1040. The average Bonchev–Trinajstić information content (AvgIpc) is 2.70. The zero-order valence-electron chi connectivity index (χ0n) is 13.8. The van der Waals surface area contributed by atoms with Gasteiger partial charge in [-0.1, -0.05) is 84.9 Å². The van der Waals surface area contributed by atoms with Crippen molar-refractivity contribution in [2.75, 3.05) is 0 Å². The Morgan fingerprint density at radius 1 is 0.760 bits per heavy atom. The molecule has 2 heteroatoms. The van der Waals surface area contributed by atoms with Crippen molar-refractivity contribution in [3.63, 3.8) is 0 Å². The highest BCUT2D eigenvalue weighted by Gasteiger charge is 2.13. The summed E-state index contributed by atoms with van der Waals surface area (Å²) in [4.78, 5) is 4.97. The lowest BCUT2D eigenvalue weighted by molar-refractivity contribution is 1.30. The van der Waals surface area contributed by atoms with Gasteiger partial charge in [-0.25, -0.2) is 4.98 Å². The monoisotopic (exact) mass is 322 g/mol. The predicted molar refractivity (Wildman–Crippen MR) is 105 cm³/mol. The zero-order chi connectivity index (χ0) is 17.1. The van der Waals surface area contributed by atoms with Crippen LogP contribution >= 0.6 is 0 Å². The highest BCUT2D eigenvalue weighted by molar-refractivity contribution is 5.97. The molecular formula is C23H18N2. The molecule has 0 saturated carbocycles. The Morgan fingerprint density at radius 3 is 2.12 bits per heavy atom. The second-order valence-corrected chi connectivity index (χ2v) is 5.89. The summed E-state index contributed by atoms with van der Waals surface area (Å²) in [5.41, 5.74) is 11.0. The molecule has 0 unspecified atom stereocenters. The van der Waals surface area contributed by atoms with E-state index in [9.17, 15) is 0 Å². The van der Waals surface area contributed by atoms with Gasteiger partial charge in [-0.05, 0) is 17.0 Å². The van der Waals surface area contributed by atoms with E-state index in [0.29, 0.717) is 0 Å². The SMILES string of the molecule is NC=C(c1ccccc1)c1nc(-c2ccccc2)cc2ccccc12. The number of hydrogen-bond acceptors (Lipinski definition) is 2. The summed E-state index contributed by atoms with van der Waals surface area (Å²) in [5, 5.41) is 2.25. The Balaban J connectivity index is 1.99. The number of aromatic nitrogens is 1. The van der Waals surface area contributed by atoms with E-state index in [1.807, 2.05) is 42.5 Å².